The maximum Gasteiger partial charge on any atom is 0.336 e. The van der Waals surface area contributed by atoms with Crippen LogP contribution in [0, 0.1) is 27.7 Å². The van der Waals surface area contributed by atoms with Crippen molar-refractivity contribution in [1.82, 2.24) is 0 Å². The molecule has 0 fully saturated rings. The lowest BCUT2D eigenvalue weighted by Gasteiger charge is -2.27. The van der Waals surface area contributed by atoms with Crippen LogP contribution >= 0.6 is 0 Å². The van der Waals surface area contributed by atoms with Gasteiger partial charge in [-0.2, -0.15) is 0 Å². The quantitative estimate of drug-likeness (QED) is 0.210. The summed E-state index contributed by atoms with van der Waals surface area (Å²) in [5.41, 5.74) is 8.30. The summed E-state index contributed by atoms with van der Waals surface area (Å²) in [7, 11) is 0. The fraction of sp³-hybridized carbons (Fsp3) is 0.294. The lowest BCUT2D eigenvalue weighted by atomic mass is 10.0. The van der Waals surface area contributed by atoms with E-state index in [4.69, 9.17) is 8.83 Å². The molecule has 0 bridgehead atoms. The van der Waals surface area contributed by atoms with Gasteiger partial charge in [0, 0.05) is 72.6 Å². The summed E-state index contributed by atoms with van der Waals surface area (Å²) in [6, 6.07) is 16.7. The maximum atomic E-state index is 12.0. The molecule has 0 aliphatic rings. The van der Waals surface area contributed by atoms with Crippen LogP contribution in [0.25, 0.3) is 21.9 Å². The van der Waals surface area contributed by atoms with Crippen molar-refractivity contribution in [3.8, 4) is 5.75 Å². The summed E-state index contributed by atoms with van der Waals surface area (Å²) in [4.78, 5) is 28.4. The molecule has 2 aromatic heterocycles. The Morgan fingerprint density at radius 1 is 0.585 bits per heavy atom. The third-order valence-electron chi connectivity index (χ3n) is 7.76. The van der Waals surface area contributed by atoms with E-state index < -0.39 is 0 Å². The molecule has 0 aliphatic carbocycles. The van der Waals surface area contributed by atoms with Crippen LogP contribution in [-0.4, -0.2) is 18.2 Å². The Labute approximate surface area is 239 Å². The lowest BCUT2D eigenvalue weighted by Crippen LogP contribution is -2.24. The molecule has 0 radical (unpaired) electrons. The normalized spacial score (nSPS) is 11.4. The molecule has 212 valence electrons. The summed E-state index contributed by atoms with van der Waals surface area (Å²) >= 11 is 0. The second kappa shape index (κ2) is 11.2. The first-order chi connectivity index (χ1) is 19.6. The van der Waals surface area contributed by atoms with Gasteiger partial charge in [-0.05, 0) is 99.2 Å². The van der Waals surface area contributed by atoms with E-state index in [0.29, 0.717) is 24.3 Å². The van der Waals surface area contributed by atoms with Gasteiger partial charge in [-0.1, -0.05) is 6.07 Å². The topological polar surface area (TPSA) is 87.1 Å². The molecule has 0 saturated heterocycles. The molecule has 5 rings (SSSR count). The zero-order chi connectivity index (χ0) is 29.4. The standard InChI is InChI=1S/C34H36N2O5/c1-7-35(29-16-31-27(9-22(29)5)20(3)11-33(38)40-31)18-24-13-25(15-26(37)14-24)19-36(8-2)30-17-32-28(10-23(30)6)21(4)12-34(39)41-32/h9-17,37H,7-8,18-19H2,1-6H3. The van der Waals surface area contributed by atoms with Crippen molar-refractivity contribution >= 4 is 33.3 Å². The number of phenolic OH excluding ortho intramolecular Hbond substituents is 1. The predicted molar refractivity (Wildman–Crippen MR) is 165 cm³/mol. The number of rotatable bonds is 8. The third kappa shape index (κ3) is 5.71. The number of anilines is 2. The van der Waals surface area contributed by atoms with E-state index in [1.165, 1.54) is 12.1 Å². The van der Waals surface area contributed by atoms with Gasteiger partial charge in [0.1, 0.15) is 16.9 Å². The van der Waals surface area contributed by atoms with Crippen molar-refractivity contribution in [2.45, 2.75) is 54.6 Å². The number of benzene rings is 3. The van der Waals surface area contributed by atoms with Crippen LogP contribution in [-0.2, 0) is 13.1 Å². The smallest absolute Gasteiger partial charge is 0.336 e. The SMILES string of the molecule is CCN(Cc1cc(O)cc(CN(CC)c2cc3oc(=O)cc(C)c3cc2C)c1)c1cc2oc(=O)cc(C)c2cc1C. The highest BCUT2D eigenvalue weighted by atomic mass is 16.4. The van der Waals surface area contributed by atoms with Gasteiger partial charge in [0.15, 0.2) is 0 Å². The number of aryl methyl sites for hydroxylation is 4. The molecule has 5 aromatic rings. The van der Waals surface area contributed by atoms with Gasteiger partial charge in [-0.3, -0.25) is 0 Å². The Balaban J connectivity index is 1.46. The Morgan fingerprint density at radius 3 is 1.39 bits per heavy atom. The lowest BCUT2D eigenvalue weighted by molar-refractivity contribution is 0.473. The second-order valence-corrected chi connectivity index (χ2v) is 10.8. The van der Waals surface area contributed by atoms with Crippen molar-refractivity contribution in [3.63, 3.8) is 0 Å². The summed E-state index contributed by atoms with van der Waals surface area (Å²) < 4.78 is 11.0. The van der Waals surface area contributed by atoms with Gasteiger partial charge in [-0.15, -0.1) is 0 Å². The highest BCUT2D eigenvalue weighted by molar-refractivity contribution is 5.86. The first-order valence-corrected chi connectivity index (χ1v) is 14.0. The summed E-state index contributed by atoms with van der Waals surface area (Å²) in [5, 5.41) is 12.5. The Bertz CT molecular complexity index is 1750. The van der Waals surface area contributed by atoms with E-state index in [1.807, 2.05) is 26.0 Å². The van der Waals surface area contributed by atoms with Gasteiger partial charge in [0.2, 0.25) is 0 Å². The van der Waals surface area contributed by atoms with Crippen molar-refractivity contribution in [3.05, 3.63) is 109 Å². The van der Waals surface area contributed by atoms with Gasteiger partial charge in [0.05, 0.1) is 0 Å². The van der Waals surface area contributed by atoms with Crippen molar-refractivity contribution in [1.29, 1.82) is 0 Å². The summed E-state index contributed by atoms with van der Waals surface area (Å²) in [6.07, 6.45) is 0. The van der Waals surface area contributed by atoms with Gasteiger partial charge in [-0.25, -0.2) is 9.59 Å². The predicted octanol–water partition coefficient (Wildman–Crippen LogP) is 6.89. The fourth-order valence-corrected chi connectivity index (χ4v) is 5.71. The molecule has 0 spiro atoms. The molecule has 41 heavy (non-hydrogen) atoms. The van der Waals surface area contributed by atoms with Gasteiger partial charge in [0.25, 0.3) is 0 Å². The van der Waals surface area contributed by atoms with Crippen LogP contribution in [0.1, 0.15) is 47.2 Å². The monoisotopic (exact) mass is 552 g/mol. The molecule has 0 amide bonds. The van der Waals surface area contributed by atoms with Crippen LogP contribution in [0.2, 0.25) is 0 Å². The molecule has 0 aliphatic heterocycles. The Kier molecular flexibility index (Phi) is 7.63. The number of hydrogen-bond acceptors (Lipinski definition) is 7. The zero-order valence-corrected chi connectivity index (χ0v) is 24.5. The van der Waals surface area contributed by atoms with Gasteiger partial charge < -0.3 is 23.7 Å². The van der Waals surface area contributed by atoms with E-state index >= 15 is 0 Å². The second-order valence-electron chi connectivity index (χ2n) is 10.8. The molecule has 7 nitrogen and oxygen atoms in total. The maximum absolute atomic E-state index is 12.0. The average Bonchev–Trinajstić information content (AvgIpc) is 2.90. The number of nitrogens with zero attached hydrogens (tertiary/aromatic N) is 2. The number of aromatic hydroxyl groups is 1. The van der Waals surface area contributed by atoms with Crippen LogP contribution in [0.5, 0.6) is 5.75 Å². The molecule has 0 atom stereocenters. The van der Waals surface area contributed by atoms with E-state index in [-0.39, 0.29) is 17.0 Å². The molecular formula is C34H36N2O5. The molecule has 0 unspecified atom stereocenters. The number of phenols is 1. The van der Waals surface area contributed by atoms with Crippen LogP contribution in [0.15, 0.2) is 73.0 Å². The summed E-state index contributed by atoms with van der Waals surface area (Å²) in [5.74, 6) is 0.207. The van der Waals surface area contributed by atoms with E-state index in [1.54, 1.807) is 12.1 Å². The van der Waals surface area contributed by atoms with Crippen molar-refractivity contribution in [2.75, 3.05) is 22.9 Å². The van der Waals surface area contributed by atoms with Crippen LogP contribution < -0.4 is 21.1 Å². The van der Waals surface area contributed by atoms with Crippen molar-refractivity contribution < 1.29 is 13.9 Å². The Hall–Kier alpha value is -4.52. The van der Waals surface area contributed by atoms with Crippen LogP contribution in [0.3, 0.4) is 0 Å². The van der Waals surface area contributed by atoms with Gasteiger partial charge >= 0.3 is 11.3 Å². The highest BCUT2D eigenvalue weighted by Crippen LogP contribution is 2.31. The first kappa shape index (κ1) is 28.0. The minimum Gasteiger partial charge on any atom is -0.508 e. The largest absolute Gasteiger partial charge is 0.508 e. The van der Waals surface area contributed by atoms with E-state index in [9.17, 15) is 14.7 Å². The average molecular weight is 553 g/mol. The molecule has 2 heterocycles. The molecule has 0 saturated carbocycles. The van der Waals surface area contributed by atoms with Crippen molar-refractivity contribution in [2.24, 2.45) is 0 Å². The summed E-state index contributed by atoms with van der Waals surface area (Å²) in [6.45, 7) is 14.7. The molecule has 7 heteroatoms. The fourth-order valence-electron chi connectivity index (χ4n) is 5.71. The molecule has 1 N–H and O–H groups in total. The zero-order valence-electron chi connectivity index (χ0n) is 24.5. The van der Waals surface area contributed by atoms with Crippen LogP contribution in [0.4, 0.5) is 11.4 Å². The first-order valence-electron chi connectivity index (χ1n) is 14.0. The minimum absolute atomic E-state index is 0.207. The molecule has 3 aromatic carbocycles. The highest BCUT2D eigenvalue weighted by Gasteiger charge is 2.16. The van der Waals surface area contributed by atoms with E-state index in [2.05, 4.69) is 55.7 Å². The van der Waals surface area contributed by atoms with E-state index in [0.717, 1.165) is 68.6 Å². The number of fused-ring (bicyclic) bond motifs is 2. The third-order valence-corrected chi connectivity index (χ3v) is 7.76. The number of hydrogen-bond donors (Lipinski definition) is 1. The molecular weight excluding hydrogens is 516 g/mol. The minimum atomic E-state index is -0.357. The Morgan fingerprint density at radius 2 is 1.00 bits per heavy atom.